The molecule has 0 spiro atoms. The molecule has 2 unspecified atom stereocenters. The highest BCUT2D eigenvalue weighted by Gasteiger charge is 2.42. The Morgan fingerprint density at radius 3 is 1.50 bits per heavy atom. The van der Waals surface area contributed by atoms with Gasteiger partial charge in [0, 0.05) is 22.7 Å². The molecule has 5 heteroatoms. The second-order valence-electron chi connectivity index (χ2n) is 14.4. The summed E-state index contributed by atoms with van der Waals surface area (Å²) in [6, 6.07) is 69.7. The van der Waals surface area contributed by atoms with Crippen molar-refractivity contribution in [3.05, 3.63) is 224 Å². The van der Waals surface area contributed by atoms with Gasteiger partial charge in [0.1, 0.15) is 0 Å². The molecule has 2 aliphatic rings. The van der Waals surface area contributed by atoms with E-state index in [1.54, 1.807) is 0 Å². The summed E-state index contributed by atoms with van der Waals surface area (Å²) < 4.78 is 0. The smallest absolute Gasteiger partial charge is 0.234 e. The van der Waals surface area contributed by atoms with E-state index in [-0.39, 0.29) is 12.0 Å². The van der Waals surface area contributed by atoms with Crippen LogP contribution in [0.4, 0.5) is 11.6 Å². The molecule has 1 aliphatic heterocycles. The maximum Gasteiger partial charge on any atom is 0.234 e. The van der Waals surface area contributed by atoms with Crippen molar-refractivity contribution in [2.75, 3.05) is 4.90 Å². The third-order valence-corrected chi connectivity index (χ3v) is 16.0. The number of nitrogens with zero attached hydrogens (tertiary/aromatic N) is 4. The second-order valence-corrected chi connectivity index (χ2v) is 18.2. The predicted molar refractivity (Wildman–Crippen MR) is 233 cm³/mol. The lowest BCUT2D eigenvalue weighted by molar-refractivity contribution is 0.728. The van der Waals surface area contributed by atoms with Crippen molar-refractivity contribution in [3.8, 4) is 33.9 Å². The SMILES string of the molecule is C1=CC2c3cc(-c4ccccc4)ccc3N(c3nc(-c4ccccc4)nc(-c4cccc([Si](c5ccccc5)(c5ccccc5)c5ccccc5)c4)n3)C2C=C1. The Hall–Kier alpha value is -6.95. The van der Waals surface area contributed by atoms with Crippen LogP contribution >= 0.6 is 0 Å². The van der Waals surface area contributed by atoms with Gasteiger partial charge in [-0.2, -0.15) is 9.97 Å². The predicted octanol–water partition coefficient (Wildman–Crippen LogP) is 8.98. The molecule has 0 fully saturated rings. The van der Waals surface area contributed by atoms with Crippen LogP contribution in [0.1, 0.15) is 11.5 Å². The normalized spacial score (nSPS) is 15.7. The van der Waals surface area contributed by atoms with E-state index in [1.165, 1.54) is 37.4 Å². The Morgan fingerprint density at radius 1 is 0.393 bits per heavy atom. The highest BCUT2D eigenvalue weighted by Crippen LogP contribution is 2.48. The fourth-order valence-corrected chi connectivity index (χ4v) is 13.5. The highest BCUT2D eigenvalue weighted by molar-refractivity contribution is 7.19. The average Bonchev–Trinajstić information content (AvgIpc) is 3.62. The molecule has 1 aromatic heterocycles. The van der Waals surface area contributed by atoms with Gasteiger partial charge in [0.15, 0.2) is 19.7 Å². The Labute approximate surface area is 328 Å². The lowest BCUT2D eigenvalue weighted by atomic mass is 9.90. The fourth-order valence-electron chi connectivity index (χ4n) is 8.66. The zero-order valence-corrected chi connectivity index (χ0v) is 31.7. The van der Waals surface area contributed by atoms with Gasteiger partial charge in [-0.25, -0.2) is 4.98 Å². The van der Waals surface area contributed by atoms with Gasteiger partial charge >= 0.3 is 0 Å². The van der Waals surface area contributed by atoms with Crippen LogP contribution in [0.25, 0.3) is 33.9 Å². The molecule has 0 saturated heterocycles. The van der Waals surface area contributed by atoms with Crippen molar-refractivity contribution in [1.29, 1.82) is 0 Å². The summed E-state index contributed by atoms with van der Waals surface area (Å²) in [7, 11) is -2.78. The van der Waals surface area contributed by atoms with E-state index in [0.717, 1.165) is 16.8 Å². The van der Waals surface area contributed by atoms with E-state index in [1.807, 2.05) is 18.2 Å². The Morgan fingerprint density at radius 2 is 0.893 bits per heavy atom. The number of fused-ring (bicyclic) bond motifs is 3. The lowest BCUT2D eigenvalue weighted by Gasteiger charge is -2.34. The summed E-state index contributed by atoms with van der Waals surface area (Å²) in [4.78, 5) is 18.2. The van der Waals surface area contributed by atoms with Crippen molar-refractivity contribution in [1.82, 2.24) is 15.0 Å². The zero-order valence-electron chi connectivity index (χ0n) is 30.7. The van der Waals surface area contributed by atoms with E-state index < -0.39 is 8.07 Å². The molecule has 0 bridgehead atoms. The molecule has 0 amide bonds. The summed E-state index contributed by atoms with van der Waals surface area (Å²) in [6.45, 7) is 0. The van der Waals surface area contributed by atoms with Crippen LogP contribution in [0.2, 0.25) is 0 Å². The van der Waals surface area contributed by atoms with Gasteiger partial charge in [-0.1, -0.05) is 206 Å². The molecule has 0 N–H and O–H groups in total. The molecule has 266 valence electrons. The first kappa shape index (κ1) is 33.6. The third kappa shape index (κ3) is 5.81. The maximum absolute atomic E-state index is 5.38. The molecule has 56 heavy (non-hydrogen) atoms. The molecule has 4 nitrogen and oxygen atoms in total. The van der Waals surface area contributed by atoms with Crippen LogP contribution in [0.5, 0.6) is 0 Å². The highest BCUT2D eigenvalue weighted by atomic mass is 28.3. The molecular weight excluding hydrogens is 697 g/mol. The first-order chi connectivity index (χ1) is 27.8. The standard InChI is InChI=1S/C51H38N4Si/c1-6-19-37(20-7-1)39-33-34-48-46(36-39)45-31-16-17-32-47(45)55(48)51-53-49(38-21-8-2-9-22-38)52-50(54-51)40-23-18-30-44(35-40)56(41-24-10-3-11-25-41,42-26-12-4-13-27-42)43-28-14-5-15-29-43/h1-36,45,47H. The maximum atomic E-state index is 5.38. The molecule has 2 heterocycles. The van der Waals surface area contributed by atoms with Crippen LogP contribution in [0.3, 0.4) is 0 Å². The van der Waals surface area contributed by atoms with Crippen molar-refractivity contribution in [3.63, 3.8) is 0 Å². The largest absolute Gasteiger partial charge is 0.302 e. The van der Waals surface area contributed by atoms with Gasteiger partial charge in [-0.05, 0) is 49.6 Å². The fraction of sp³-hybridized carbons (Fsp3) is 0.0392. The number of hydrogen-bond acceptors (Lipinski definition) is 4. The quantitative estimate of drug-likeness (QED) is 0.116. The van der Waals surface area contributed by atoms with Crippen LogP contribution in [-0.4, -0.2) is 29.1 Å². The van der Waals surface area contributed by atoms with Gasteiger partial charge in [-0.3, -0.25) is 0 Å². The Balaban J connectivity index is 1.17. The third-order valence-electron chi connectivity index (χ3n) is 11.2. The minimum absolute atomic E-state index is 0.0283. The zero-order chi connectivity index (χ0) is 37.3. The Bertz CT molecular complexity index is 2600. The van der Waals surface area contributed by atoms with Crippen LogP contribution in [0.15, 0.2) is 218 Å². The van der Waals surface area contributed by atoms with Crippen LogP contribution in [-0.2, 0) is 0 Å². The van der Waals surface area contributed by atoms with Gasteiger partial charge < -0.3 is 4.90 Å². The second kappa shape index (κ2) is 14.4. The monoisotopic (exact) mass is 734 g/mol. The summed E-state index contributed by atoms with van der Waals surface area (Å²) in [5, 5.41) is 5.23. The summed E-state index contributed by atoms with van der Waals surface area (Å²) >= 11 is 0. The lowest BCUT2D eigenvalue weighted by Crippen LogP contribution is -2.74. The Kier molecular flexibility index (Phi) is 8.62. The topological polar surface area (TPSA) is 41.9 Å². The van der Waals surface area contributed by atoms with Gasteiger partial charge in [0.05, 0.1) is 6.04 Å². The molecule has 0 radical (unpaired) electrons. The molecule has 0 saturated carbocycles. The number of anilines is 2. The van der Waals surface area contributed by atoms with Crippen molar-refractivity contribution >= 4 is 40.5 Å². The van der Waals surface area contributed by atoms with E-state index in [4.69, 9.17) is 15.0 Å². The van der Waals surface area contributed by atoms with Crippen LogP contribution < -0.4 is 25.6 Å². The number of rotatable bonds is 8. The van der Waals surface area contributed by atoms with E-state index in [2.05, 4.69) is 205 Å². The minimum atomic E-state index is -2.78. The molecular formula is C51H38N4Si. The number of allylic oxidation sites excluding steroid dienone is 2. The van der Waals surface area contributed by atoms with Gasteiger partial charge in [-0.15, -0.1) is 0 Å². The number of aromatic nitrogens is 3. The molecule has 2 atom stereocenters. The number of hydrogen-bond donors (Lipinski definition) is 0. The first-order valence-corrected chi connectivity index (χ1v) is 21.2. The molecule has 7 aromatic carbocycles. The van der Waals surface area contributed by atoms with E-state index in [9.17, 15) is 0 Å². The van der Waals surface area contributed by atoms with E-state index in [0.29, 0.717) is 17.6 Å². The van der Waals surface area contributed by atoms with Crippen molar-refractivity contribution < 1.29 is 0 Å². The average molecular weight is 735 g/mol. The van der Waals surface area contributed by atoms with Gasteiger partial charge in [0.25, 0.3) is 0 Å². The molecule has 10 rings (SSSR count). The van der Waals surface area contributed by atoms with Crippen molar-refractivity contribution in [2.45, 2.75) is 12.0 Å². The molecule has 1 aliphatic carbocycles. The van der Waals surface area contributed by atoms with E-state index >= 15 is 0 Å². The number of benzene rings is 7. The summed E-state index contributed by atoms with van der Waals surface area (Å²) in [6.07, 6.45) is 8.89. The minimum Gasteiger partial charge on any atom is -0.302 e. The summed E-state index contributed by atoms with van der Waals surface area (Å²) in [5.74, 6) is 2.10. The molecule has 8 aromatic rings. The van der Waals surface area contributed by atoms with Gasteiger partial charge in [0.2, 0.25) is 5.95 Å². The van der Waals surface area contributed by atoms with Crippen molar-refractivity contribution in [2.24, 2.45) is 0 Å². The first-order valence-electron chi connectivity index (χ1n) is 19.2. The van der Waals surface area contributed by atoms with Crippen LogP contribution in [0, 0.1) is 0 Å². The summed E-state index contributed by atoms with van der Waals surface area (Å²) in [5.41, 5.74) is 6.70.